The van der Waals surface area contributed by atoms with Gasteiger partial charge in [0.25, 0.3) is 5.91 Å². The van der Waals surface area contributed by atoms with Crippen LogP contribution in [0.3, 0.4) is 0 Å². The summed E-state index contributed by atoms with van der Waals surface area (Å²) in [6, 6.07) is 0. The maximum absolute atomic E-state index is 13.3. The van der Waals surface area contributed by atoms with Crippen molar-refractivity contribution in [3.63, 3.8) is 0 Å². The van der Waals surface area contributed by atoms with Gasteiger partial charge >= 0.3 is 6.09 Å². The number of alkyl carbamates (subject to hydrolysis) is 1. The van der Waals surface area contributed by atoms with E-state index < -0.39 is 62.2 Å². The van der Waals surface area contributed by atoms with Crippen LogP contribution in [0.15, 0.2) is 12.2 Å². The summed E-state index contributed by atoms with van der Waals surface area (Å²) < 4.78 is 35.5. The number of carbonyl (C=O) groups excluding carboxylic acids is 2. The van der Waals surface area contributed by atoms with Crippen molar-refractivity contribution in [3.8, 4) is 0 Å². The van der Waals surface area contributed by atoms with E-state index >= 15 is 0 Å². The lowest BCUT2D eigenvalue weighted by atomic mass is 9.74. The van der Waals surface area contributed by atoms with E-state index in [1.165, 1.54) is 14.2 Å². The maximum atomic E-state index is 13.3. The van der Waals surface area contributed by atoms with E-state index in [0.29, 0.717) is 32.4 Å². The Balaban J connectivity index is 2.19. The first-order chi connectivity index (χ1) is 20.4. The van der Waals surface area contributed by atoms with Crippen molar-refractivity contribution in [2.45, 2.75) is 122 Å². The molecule has 0 aromatic rings. The van der Waals surface area contributed by atoms with Crippen molar-refractivity contribution in [1.29, 1.82) is 0 Å². The van der Waals surface area contributed by atoms with Crippen LogP contribution < -0.4 is 16.4 Å². The summed E-state index contributed by atoms with van der Waals surface area (Å²) in [5, 5.41) is 27.5. The molecule has 2 aliphatic rings. The summed E-state index contributed by atoms with van der Waals surface area (Å²) in [5.74, 6) is -2.49. The van der Waals surface area contributed by atoms with Gasteiger partial charge in [-0.3, -0.25) is 4.79 Å². The summed E-state index contributed by atoms with van der Waals surface area (Å²) in [5.41, 5.74) is 5.73. The molecule has 2 rings (SSSR count). The number of nitrogens with two attached hydrogens (primary N) is 1. The quantitative estimate of drug-likeness (QED) is 0.0760. The first-order valence-electron chi connectivity index (χ1n) is 15.4. The van der Waals surface area contributed by atoms with Gasteiger partial charge in [-0.2, -0.15) is 0 Å². The Kier molecular flexibility index (Phi) is 14.3. The van der Waals surface area contributed by atoms with Gasteiger partial charge in [0.2, 0.25) is 5.79 Å². The fraction of sp³-hybridized carbons (Fsp3) is 0.867. The van der Waals surface area contributed by atoms with E-state index in [2.05, 4.69) is 36.9 Å². The Morgan fingerprint density at radius 1 is 1.20 bits per heavy atom. The van der Waals surface area contributed by atoms with Crippen LogP contribution in [-0.4, -0.2) is 113 Å². The molecule has 0 spiro atoms. The number of aliphatic hydroxyl groups excluding tert-OH is 2. The van der Waals surface area contributed by atoms with Crippen LogP contribution in [0.2, 0.25) is 19.6 Å². The predicted molar refractivity (Wildman–Crippen MR) is 167 cm³/mol. The van der Waals surface area contributed by atoms with Crippen LogP contribution in [0, 0.1) is 11.3 Å². The second-order valence-electron chi connectivity index (χ2n) is 13.5. The molecule has 44 heavy (non-hydrogen) atoms. The second kappa shape index (κ2) is 16.3. The SMILES string of the molecule is C=C1C[C@](OC)([C@H](O)C(=O)N[C@@H](O)[C@@H]2CC(O[Si](C)(C)C)C(C)(C)[C@@H](C[C@@H](COC(=O)NCCCN)OC)O2)O[C@H](C)[C@@H]1C. The minimum Gasteiger partial charge on any atom is -0.447 e. The lowest BCUT2D eigenvalue weighted by molar-refractivity contribution is -0.298. The Labute approximate surface area is 263 Å². The number of ether oxygens (including phenoxy) is 5. The third-order valence-corrected chi connectivity index (χ3v) is 9.65. The molecule has 256 valence electrons. The van der Waals surface area contributed by atoms with Crippen molar-refractivity contribution in [1.82, 2.24) is 10.6 Å². The van der Waals surface area contributed by atoms with E-state index in [0.717, 1.165) is 5.57 Å². The molecule has 9 atom stereocenters. The summed E-state index contributed by atoms with van der Waals surface area (Å²) in [6.45, 7) is 19.0. The fourth-order valence-corrected chi connectivity index (χ4v) is 6.77. The number of carbonyl (C=O) groups is 2. The Morgan fingerprint density at radius 2 is 1.86 bits per heavy atom. The number of rotatable bonds is 15. The second-order valence-corrected chi connectivity index (χ2v) is 18.0. The zero-order valence-electron chi connectivity index (χ0n) is 28.0. The lowest BCUT2D eigenvalue weighted by Crippen LogP contribution is -2.62. The normalized spacial score (nSPS) is 31.1. The maximum Gasteiger partial charge on any atom is 0.407 e. The number of methoxy groups -OCH3 is 2. The molecule has 2 fully saturated rings. The molecule has 0 aromatic carbocycles. The minimum atomic E-state index is -2.05. The number of hydrogen-bond acceptors (Lipinski definition) is 11. The molecule has 2 amide bonds. The Bertz CT molecular complexity index is 964. The lowest BCUT2D eigenvalue weighted by Gasteiger charge is -2.51. The number of nitrogens with one attached hydrogen (secondary N) is 2. The molecule has 0 bridgehead atoms. The monoisotopic (exact) mass is 647 g/mol. The van der Waals surface area contributed by atoms with Crippen molar-refractivity contribution < 1.29 is 47.9 Å². The van der Waals surface area contributed by atoms with Crippen LogP contribution in [-0.2, 0) is 32.9 Å². The highest BCUT2D eigenvalue weighted by atomic mass is 28.4. The Morgan fingerprint density at radius 3 is 2.41 bits per heavy atom. The molecule has 2 saturated heterocycles. The number of hydrogen-bond donors (Lipinski definition) is 5. The van der Waals surface area contributed by atoms with E-state index in [1.807, 2.05) is 27.7 Å². The van der Waals surface area contributed by atoms with Crippen LogP contribution in [0.5, 0.6) is 0 Å². The van der Waals surface area contributed by atoms with E-state index in [-0.39, 0.29) is 31.2 Å². The third-order valence-electron chi connectivity index (χ3n) is 8.66. The van der Waals surface area contributed by atoms with Crippen molar-refractivity contribution >= 4 is 20.3 Å². The van der Waals surface area contributed by atoms with Gasteiger partial charge in [-0.25, -0.2) is 4.79 Å². The average Bonchev–Trinajstić information content (AvgIpc) is 2.94. The van der Waals surface area contributed by atoms with Gasteiger partial charge in [0.15, 0.2) is 20.6 Å². The molecule has 1 unspecified atom stereocenters. The van der Waals surface area contributed by atoms with Crippen molar-refractivity contribution in [2.75, 3.05) is 33.9 Å². The largest absolute Gasteiger partial charge is 0.447 e. The van der Waals surface area contributed by atoms with Crippen LogP contribution >= 0.6 is 0 Å². The molecule has 2 aliphatic heterocycles. The molecule has 2 heterocycles. The average molecular weight is 648 g/mol. The molecular formula is C30H57N3O10Si. The third kappa shape index (κ3) is 10.2. The molecule has 6 N–H and O–H groups in total. The molecule has 0 radical (unpaired) electrons. The fourth-order valence-electron chi connectivity index (χ4n) is 5.51. The van der Waals surface area contributed by atoms with Crippen LogP contribution in [0.25, 0.3) is 0 Å². The molecule has 0 aliphatic carbocycles. The van der Waals surface area contributed by atoms with Gasteiger partial charge < -0.3 is 54.7 Å². The number of amides is 2. The van der Waals surface area contributed by atoms with Gasteiger partial charge in [0, 0.05) is 51.4 Å². The molecule has 0 aromatic heterocycles. The summed E-state index contributed by atoms with van der Waals surface area (Å²) in [4.78, 5) is 25.4. The van der Waals surface area contributed by atoms with Crippen LogP contribution in [0.1, 0.15) is 53.4 Å². The molecule has 0 saturated carbocycles. The van der Waals surface area contributed by atoms with Crippen molar-refractivity contribution in [2.24, 2.45) is 17.1 Å². The standard InChI is InChI=1S/C30H57N3O10Si/c1-18-16-30(39-7,42-20(3)19(18)2)25(34)27(36)33-26(35)22-15-24(43-44(8,9)10)29(4,5)23(41-22)14-21(38-6)17-40-28(37)32-13-11-12-31/h19-26,34-35H,1,11-17,31H2,2-10H3,(H,32,37)(H,33,36)/t19-,20-,21+,22+,23-,24?,25-,26+,30-/m1/s1. The first-order valence-corrected chi connectivity index (χ1v) is 18.9. The van der Waals surface area contributed by atoms with E-state index in [4.69, 9.17) is 33.8 Å². The van der Waals surface area contributed by atoms with Gasteiger partial charge in [-0.05, 0) is 39.5 Å². The zero-order chi connectivity index (χ0) is 33.5. The van der Waals surface area contributed by atoms with Gasteiger partial charge in [0.1, 0.15) is 12.7 Å². The van der Waals surface area contributed by atoms with E-state index in [1.54, 1.807) is 0 Å². The minimum absolute atomic E-state index is 0.0158. The smallest absolute Gasteiger partial charge is 0.407 e. The van der Waals surface area contributed by atoms with Crippen LogP contribution in [0.4, 0.5) is 4.79 Å². The molecule has 13 nitrogen and oxygen atoms in total. The highest BCUT2D eigenvalue weighted by Crippen LogP contribution is 2.43. The van der Waals surface area contributed by atoms with Gasteiger partial charge in [0.05, 0.1) is 24.4 Å². The Hall–Kier alpha value is -1.62. The summed E-state index contributed by atoms with van der Waals surface area (Å²) in [6.07, 6.45) is -4.99. The van der Waals surface area contributed by atoms with Crippen molar-refractivity contribution in [3.05, 3.63) is 12.2 Å². The number of aliphatic hydroxyl groups is 2. The van der Waals surface area contributed by atoms with Gasteiger partial charge in [-0.15, -0.1) is 0 Å². The summed E-state index contributed by atoms with van der Waals surface area (Å²) >= 11 is 0. The highest BCUT2D eigenvalue weighted by molar-refractivity contribution is 6.69. The van der Waals surface area contributed by atoms with E-state index in [9.17, 15) is 19.8 Å². The summed E-state index contributed by atoms with van der Waals surface area (Å²) in [7, 11) is 0.831. The zero-order valence-corrected chi connectivity index (χ0v) is 29.0. The molecule has 14 heteroatoms. The highest BCUT2D eigenvalue weighted by Gasteiger charge is 2.52. The van der Waals surface area contributed by atoms with Gasteiger partial charge in [-0.1, -0.05) is 32.9 Å². The predicted octanol–water partition coefficient (Wildman–Crippen LogP) is 2.01. The first kappa shape index (κ1) is 38.6. The topological polar surface area (TPSA) is 180 Å². The molecular weight excluding hydrogens is 590 g/mol.